The normalized spacial score (nSPS) is 30.4. The summed E-state index contributed by atoms with van der Waals surface area (Å²) in [5, 5.41) is 18.9. The van der Waals surface area contributed by atoms with Gasteiger partial charge in [-0.2, -0.15) is 0 Å². The lowest BCUT2D eigenvalue weighted by Crippen LogP contribution is -2.31. The van der Waals surface area contributed by atoms with Crippen LogP contribution in [0, 0.1) is 5.92 Å². The molecule has 0 aromatic heterocycles. The zero-order valence-corrected chi connectivity index (χ0v) is 8.04. The van der Waals surface area contributed by atoms with Crippen LogP contribution in [0.3, 0.4) is 0 Å². The SMILES string of the molecule is O=C(c1ccccc1)C1C(O)COC1O. The molecule has 2 N–H and O–H groups in total. The number of aliphatic hydroxyl groups is 2. The Bertz CT molecular complexity index is 339. The van der Waals surface area contributed by atoms with Crippen molar-refractivity contribution >= 4 is 5.78 Å². The van der Waals surface area contributed by atoms with Crippen LogP contribution < -0.4 is 0 Å². The molecule has 0 saturated carbocycles. The van der Waals surface area contributed by atoms with Gasteiger partial charge >= 0.3 is 0 Å². The van der Waals surface area contributed by atoms with Crippen LogP contribution >= 0.6 is 0 Å². The van der Waals surface area contributed by atoms with E-state index in [0.29, 0.717) is 5.56 Å². The molecule has 1 heterocycles. The van der Waals surface area contributed by atoms with Crippen LogP contribution in [-0.4, -0.2) is 35.0 Å². The van der Waals surface area contributed by atoms with Crippen LogP contribution in [0.2, 0.25) is 0 Å². The molecular weight excluding hydrogens is 196 g/mol. The quantitative estimate of drug-likeness (QED) is 0.681. The third-order valence-electron chi connectivity index (χ3n) is 2.52. The maximum atomic E-state index is 11.9. The Hall–Kier alpha value is -1.23. The van der Waals surface area contributed by atoms with E-state index in [4.69, 9.17) is 4.74 Å². The number of rotatable bonds is 2. The molecule has 1 fully saturated rings. The highest BCUT2D eigenvalue weighted by molar-refractivity contribution is 5.98. The fraction of sp³-hybridized carbons (Fsp3) is 0.364. The smallest absolute Gasteiger partial charge is 0.173 e. The summed E-state index contributed by atoms with van der Waals surface area (Å²) in [6, 6.07) is 8.58. The van der Waals surface area contributed by atoms with E-state index >= 15 is 0 Å². The Morgan fingerprint density at radius 3 is 2.47 bits per heavy atom. The Labute approximate surface area is 87.1 Å². The molecule has 2 rings (SSSR count). The zero-order valence-electron chi connectivity index (χ0n) is 8.04. The molecule has 1 aliphatic heterocycles. The van der Waals surface area contributed by atoms with Crippen molar-refractivity contribution in [1.82, 2.24) is 0 Å². The Kier molecular flexibility index (Phi) is 2.81. The first-order chi connectivity index (χ1) is 7.20. The van der Waals surface area contributed by atoms with Gasteiger partial charge in [-0.3, -0.25) is 4.79 Å². The zero-order chi connectivity index (χ0) is 10.8. The van der Waals surface area contributed by atoms with Gasteiger partial charge in [-0.1, -0.05) is 30.3 Å². The summed E-state index contributed by atoms with van der Waals surface area (Å²) in [4.78, 5) is 11.9. The molecule has 4 nitrogen and oxygen atoms in total. The van der Waals surface area contributed by atoms with Gasteiger partial charge in [0, 0.05) is 5.56 Å². The van der Waals surface area contributed by atoms with Crippen LogP contribution in [0.5, 0.6) is 0 Å². The molecule has 15 heavy (non-hydrogen) atoms. The molecule has 0 radical (unpaired) electrons. The Balaban J connectivity index is 2.21. The number of hydrogen-bond acceptors (Lipinski definition) is 4. The van der Waals surface area contributed by atoms with Gasteiger partial charge in [0.05, 0.1) is 12.7 Å². The number of ketones is 1. The highest BCUT2D eigenvalue weighted by Gasteiger charge is 2.40. The van der Waals surface area contributed by atoms with Crippen LogP contribution in [0.1, 0.15) is 10.4 Å². The van der Waals surface area contributed by atoms with E-state index in [0.717, 1.165) is 0 Å². The number of benzene rings is 1. The average Bonchev–Trinajstić information content (AvgIpc) is 2.59. The summed E-state index contributed by atoms with van der Waals surface area (Å²) in [6.45, 7) is 0.00437. The second-order valence-electron chi connectivity index (χ2n) is 3.55. The second kappa shape index (κ2) is 4.10. The maximum Gasteiger partial charge on any atom is 0.173 e. The Morgan fingerprint density at radius 1 is 1.27 bits per heavy atom. The minimum absolute atomic E-state index is 0.00437. The van der Waals surface area contributed by atoms with E-state index in [-0.39, 0.29) is 12.4 Å². The predicted molar refractivity (Wildman–Crippen MR) is 52.2 cm³/mol. The molecule has 0 amide bonds. The van der Waals surface area contributed by atoms with Gasteiger partial charge in [0.2, 0.25) is 0 Å². The largest absolute Gasteiger partial charge is 0.390 e. The first-order valence-electron chi connectivity index (χ1n) is 4.77. The van der Waals surface area contributed by atoms with E-state index in [1.807, 2.05) is 0 Å². The van der Waals surface area contributed by atoms with Gasteiger partial charge in [-0.15, -0.1) is 0 Å². The summed E-state index contributed by atoms with van der Waals surface area (Å²) < 4.78 is 4.81. The van der Waals surface area contributed by atoms with E-state index in [1.165, 1.54) is 0 Å². The molecule has 0 spiro atoms. The predicted octanol–water partition coefficient (Wildman–Crippen LogP) is 0.195. The van der Waals surface area contributed by atoms with Crippen molar-refractivity contribution in [3.63, 3.8) is 0 Å². The molecule has 4 heteroatoms. The number of carbonyl (C=O) groups is 1. The van der Waals surface area contributed by atoms with Crippen molar-refractivity contribution < 1.29 is 19.7 Å². The molecule has 1 saturated heterocycles. The van der Waals surface area contributed by atoms with Gasteiger partial charge in [0.25, 0.3) is 0 Å². The van der Waals surface area contributed by atoms with Gasteiger partial charge in [-0.05, 0) is 0 Å². The third kappa shape index (κ3) is 1.92. The number of Topliss-reactive ketones (excluding diaryl/α,β-unsaturated/α-hetero) is 1. The molecule has 0 aliphatic carbocycles. The molecule has 3 atom stereocenters. The van der Waals surface area contributed by atoms with Gasteiger partial charge in [0.1, 0.15) is 5.92 Å². The minimum Gasteiger partial charge on any atom is -0.390 e. The third-order valence-corrected chi connectivity index (χ3v) is 2.52. The number of carbonyl (C=O) groups excluding carboxylic acids is 1. The maximum absolute atomic E-state index is 11.9. The topological polar surface area (TPSA) is 66.8 Å². The van der Waals surface area contributed by atoms with Gasteiger partial charge in [-0.25, -0.2) is 0 Å². The van der Waals surface area contributed by atoms with Crippen molar-refractivity contribution in [2.45, 2.75) is 12.4 Å². The number of aliphatic hydroxyl groups excluding tert-OH is 2. The summed E-state index contributed by atoms with van der Waals surface area (Å²) in [6.07, 6.45) is -2.12. The molecule has 3 unspecified atom stereocenters. The highest BCUT2D eigenvalue weighted by atomic mass is 16.6. The molecule has 0 bridgehead atoms. The molecule has 1 aromatic rings. The van der Waals surface area contributed by atoms with Crippen LogP contribution in [0.4, 0.5) is 0 Å². The molecule has 1 aromatic carbocycles. The number of ether oxygens (including phenoxy) is 1. The molecular formula is C11H12O4. The van der Waals surface area contributed by atoms with Gasteiger partial charge in [0.15, 0.2) is 12.1 Å². The van der Waals surface area contributed by atoms with E-state index < -0.39 is 18.3 Å². The standard InChI is InChI=1S/C11H12O4/c12-8-6-15-11(14)9(8)10(13)7-4-2-1-3-5-7/h1-5,8-9,11-12,14H,6H2. The lowest BCUT2D eigenvalue weighted by atomic mass is 9.94. The van der Waals surface area contributed by atoms with Crippen molar-refractivity contribution in [2.24, 2.45) is 5.92 Å². The average molecular weight is 208 g/mol. The fourth-order valence-corrected chi connectivity index (χ4v) is 1.69. The van der Waals surface area contributed by atoms with E-state index in [1.54, 1.807) is 30.3 Å². The summed E-state index contributed by atoms with van der Waals surface area (Å²) in [7, 11) is 0. The van der Waals surface area contributed by atoms with Crippen molar-refractivity contribution in [3.05, 3.63) is 35.9 Å². The summed E-state index contributed by atoms with van der Waals surface area (Å²) >= 11 is 0. The van der Waals surface area contributed by atoms with E-state index in [9.17, 15) is 15.0 Å². The van der Waals surface area contributed by atoms with Crippen molar-refractivity contribution in [3.8, 4) is 0 Å². The second-order valence-corrected chi connectivity index (χ2v) is 3.55. The molecule has 1 aliphatic rings. The Morgan fingerprint density at radius 2 is 1.93 bits per heavy atom. The van der Waals surface area contributed by atoms with Crippen LogP contribution in [0.25, 0.3) is 0 Å². The van der Waals surface area contributed by atoms with Crippen molar-refractivity contribution in [1.29, 1.82) is 0 Å². The van der Waals surface area contributed by atoms with Gasteiger partial charge < -0.3 is 14.9 Å². The highest BCUT2D eigenvalue weighted by Crippen LogP contribution is 2.23. The first kappa shape index (κ1) is 10.3. The van der Waals surface area contributed by atoms with Crippen LogP contribution in [0.15, 0.2) is 30.3 Å². The lowest BCUT2D eigenvalue weighted by Gasteiger charge is -2.14. The first-order valence-corrected chi connectivity index (χ1v) is 4.77. The van der Waals surface area contributed by atoms with Crippen LogP contribution in [-0.2, 0) is 4.74 Å². The minimum atomic E-state index is -1.20. The molecule has 80 valence electrons. The monoisotopic (exact) mass is 208 g/mol. The summed E-state index contributed by atoms with van der Waals surface area (Å²) in [5.74, 6) is -1.15. The fourth-order valence-electron chi connectivity index (χ4n) is 1.69. The summed E-state index contributed by atoms with van der Waals surface area (Å²) in [5.41, 5.74) is 0.478. The van der Waals surface area contributed by atoms with E-state index in [2.05, 4.69) is 0 Å². The van der Waals surface area contributed by atoms with Crippen molar-refractivity contribution in [2.75, 3.05) is 6.61 Å². The lowest BCUT2D eigenvalue weighted by molar-refractivity contribution is -0.0750. The number of hydrogen-bond donors (Lipinski definition) is 2.